The Morgan fingerprint density at radius 3 is 1.89 bits per heavy atom. The van der Waals surface area contributed by atoms with Gasteiger partial charge in [0.2, 0.25) is 29.5 Å². The number of carbonyl (C=O) groups excluding carboxylic acids is 5. The Kier molecular flexibility index (Phi) is 20.1. The van der Waals surface area contributed by atoms with Crippen molar-refractivity contribution in [2.24, 2.45) is 28.3 Å². The molecule has 2 unspecified atom stereocenters. The van der Waals surface area contributed by atoms with Crippen molar-refractivity contribution in [3.8, 4) is 0 Å². The highest BCUT2D eigenvalue weighted by Gasteiger charge is 2.51. The number of carboxylic acid groups (broad SMARTS) is 2. The minimum atomic E-state index is -5.08. The number of piperidine rings is 1. The molecule has 3 aromatic rings. The van der Waals surface area contributed by atoms with E-state index < -0.39 is 66.4 Å². The van der Waals surface area contributed by atoms with E-state index in [-0.39, 0.29) is 67.5 Å². The first kappa shape index (κ1) is 54.0. The Hall–Kier alpha value is -6.99. The van der Waals surface area contributed by atoms with Crippen LogP contribution in [0.4, 0.5) is 13.2 Å². The number of nitrogens with zero attached hydrogens (tertiary/aromatic N) is 2. The molecule has 378 valence electrons. The average molecular weight is 977 g/mol. The van der Waals surface area contributed by atoms with Crippen molar-refractivity contribution < 1.29 is 56.9 Å². The first-order chi connectivity index (χ1) is 33.4. The Morgan fingerprint density at radius 2 is 1.33 bits per heavy atom. The van der Waals surface area contributed by atoms with Gasteiger partial charge in [-0.3, -0.25) is 33.8 Å². The predicted octanol–water partition coefficient (Wildman–Crippen LogP) is 4.14. The van der Waals surface area contributed by atoms with E-state index in [1.807, 2.05) is 91.0 Å². The van der Waals surface area contributed by atoms with Gasteiger partial charge in [-0.1, -0.05) is 110 Å². The summed E-state index contributed by atoms with van der Waals surface area (Å²) in [6.45, 7) is 0.333. The lowest BCUT2D eigenvalue weighted by Gasteiger charge is -2.39. The highest BCUT2D eigenvalue weighted by atomic mass is 19.4. The van der Waals surface area contributed by atoms with Gasteiger partial charge < -0.3 is 47.8 Å². The molecule has 0 spiro atoms. The normalized spacial score (nSPS) is 19.8. The van der Waals surface area contributed by atoms with Crippen LogP contribution < -0.4 is 32.7 Å². The maximum Gasteiger partial charge on any atom is 0.490 e. The molecule has 6 atom stereocenters. The van der Waals surface area contributed by atoms with Gasteiger partial charge in [0.25, 0.3) is 0 Å². The minimum Gasteiger partial charge on any atom is -0.481 e. The van der Waals surface area contributed by atoms with Crippen molar-refractivity contribution in [1.82, 2.24) is 26.2 Å². The summed E-state index contributed by atoms with van der Waals surface area (Å²) < 4.78 is 31.7. The number of halogens is 3. The topological polar surface area (TPSA) is 276 Å². The number of rotatable bonds is 20. The predicted molar refractivity (Wildman–Crippen MR) is 252 cm³/mol. The fourth-order valence-corrected chi connectivity index (χ4v) is 9.56. The largest absolute Gasteiger partial charge is 0.490 e. The Labute approximate surface area is 404 Å². The molecule has 2 heterocycles. The van der Waals surface area contributed by atoms with Gasteiger partial charge in [0.15, 0.2) is 5.96 Å². The number of aliphatic imine (C=N–C) groups is 1. The van der Waals surface area contributed by atoms with E-state index in [0.717, 1.165) is 48.8 Å². The molecule has 0 radical (unpaired) electrons. The summed E-state index contributed by atoms with van der Waals surface area (Å²) in [5.41, 5.74) is 14.3. The van der Waals surface area contributed by atoms with Crippen LogP contribution in [0, 0.1) is 11.8 Å². The highest BCUT2D eigenvalue weighted by molar-refractivity contribution is 5.97. The summed E-state index contributed by atoms with van der Waals surface area (Å²) in [4.78, 5) is 96.5. The number of carbonyl (C=O) groups is 7. The molecule has 20 heteroatoms. The molecule has 10 N–H and O–H groups in total. The number of nitrogens with one attached hydrogen (secondary N) is 4. The molecule has 17 nitrogen and oxygen atoms in total. The molecule has 2 saturated heterocycles. The van der Waals surface area contributed by atoms with E-state index in [1.165, 1.54) is 0 Å². The summed E-state index contributed by atoms with van der Waals surface area (Å²) in [6, 6.07) is 24.9. The zero-order valence-electron chi connectivity index (χ0n) is 38.8. The van der Waals surface area contributed by atoms with Gasteiger partial charge in [0.1, 0.15) is 24.2 Å². The van der Waals surface area contributed by atoms with Gasteiger partial charge in [-0.15, -0.1) is 0 Å². The fraction of sp³-hybridized carbons (Fsp3) is 0.480. The third kappa shape index (κ3) is 16.0. The summed E-state index contributed by atoms with van der Waals surface area (Å²) in [5.74, 6) is -6.91. The fourth-order valence-electron chi connectivity index (χ4n) is 9.56. The SMILES string of the molecule is NC(N)=NCCC[C@H](NC(=O)[C@@H]1C[C@H](Cc2ccccc2)C2CCC(NC(=O)C3CCCCC3)C(=O)N21)C(=O)N[C@@H](CC(=O)O)C(=O)NCCC(c1ccccc1)c1ccccc1.O=C(O)C(F)(F)F. The van der Waals surface area contributed by atoms with E-state index >= 15 is 0 Å². The van der Waals surface area contributed by atoms with Crippen molar-refractivity contribution in [3.63, 3.8) is 0 Å². The molecule has 6 rings (SSSR count). The Bertz CT molecular complexity index is 2220. The summed E-state index contributed by atoms with van der Waals surface area (Å²) >= 11 is 0. The van der Waals surface area contributed by atoms with Crippen LogP contribution in [0.3, 0.4) is 0 Å². The van der Waals surface area contributed by atoms with E-state index in [4.69, 9.17) is 21.4 Å². The monoisotopic (exact) mass is 976 g/mol. The molecule has 1 aliphatic carbocycles. The molecule has 70 heavy (non-hydrogen) atoms. The van der Waals surface area contributed by atoms with Crippen LogP contribution in [0.5, 0.6) is 0 Å². The van der Waals surface area contributed by atoms with E-state index in [2.05, 4.69) is 26.3 Å². The van der Waals surface area contributed by atoms with Gasteiger partial charge in [0, 0.05) is 31.0 Å². The minimum absolute atomic E-state index is 0.0448. The molecule has 3 aliphatic rings. The number of amides is 5. The van der Waals surface area contributed by atoms with Crippen molar-refractivity contribution in [1.29, 1.82) is 0 Å². The number of fused-ring (bicyclic) bond motifs is 1. The molecule has 1 saturated carbocycles. The number of carboxylic acids is 2. The van der Waals surface area contributed by atoms with Crippen LogP contribution in [0.25, 0.3) is 0 Å². The Balaban J connectivity index is 0.00000121. The number of guanidine groups is 1. The van der Waals surface area contributed by atoms with Gasteiger partial charge in [-0.2, -0.15) is 13.2 Å². The number of nitrogens with two attached hydrogens (primary N) is 2. The molecule has 3 fully saturated rings. The molecule has 2 aliphatic heterocycles. The van der Waals surface area contributed by atoms with Crippen molar-refractivity contribution in [2.45, 2.75) is 126 Å². The van der Waals surface area contributed by atoms with Crippen LogP contribution in [0.1, 0.15) is 99.7 Å². The van der Waals surface area contributed by atoms with E-state index in [9.17, 15) is 47.0 Å². The lowest BCUT2D eigenvalue weighted by atomic mass is 9.86. The second-order valence-corrected chi connectivity index (χ2v) is 17.9. The number of benzene rings is 3. The molecular formula is C50H63F3N8O9. The summed E-state index contributed by atoms with van der Waals surface area (Å²) in [6.07, 6.45) is 1.64. The molecule has 0 bridgehead atoms. The van der Waals surface area contributed by atoms with Crippen LogP contribution in [-0.4, -0.2) is 112 Å². The molecule has 0 aromatic heterocycles. The quantitative estimate of drug-likeness (QED) is 0.0453. The lowest BCUT2D eigenvalue weighted by molar-refractivity contribution is -0.192. The van der Waals surface area contributed by atoms with Crippen LogP contribution in [-0.2, 0) is 40.0 Å². The number of hydrogen-bond donors (Lipinski definition) is 8. The standard InChI is InChI=1S/C48H62N8O7.C2HF3O2/c49-48(50)52-26-13-22-37(45(61)55-39(30-42(57)58)44(60)51-27-25-36(32-16-7-2-8-17-32)33-18-9-3-10-19-33)53-46(62)41-29-35(28-31-14-5-1-6-15-31)40-24-23-38(47(63)56(40)41)54-43(59)34-20-11-4-12-21-34;3-2(4,5)1(6)7/h1-3,5-10,14-19,34-41H,4,11-13,20-30H2,(H,51,60)(H,53,62)(H,54,59)(H,55,61)(H,57,58)(H4,49,50,52);(H,6,7)/t35-,37-,38?,39-,40?,41-;/m0./s1. The third-order valence-electron chi connectivity index (χ3n) is 13.0. The zero-order chi connectivity index (χ0) is 50.8. The molecule has 5 amide bonds. The van der Waals surface area contributed by atoms with Crippen LogP contribution in [0.15, 0.2) is 96.0 Å². The zero-order valence-corrected chi connectivity index (χ0v) is 38.8. The van der Waals surface area contributed by atoms with Crippen molar-refractivity contribution in [2.75, 3.05) is 13.1 Å². The summed E-state index contributed by atoms with van der Waals surface area (Å²) in [7, 11) is 0. The number of alkyl halides is 3. The van der Waals surface area contributed by atoms with Crippen LogP contribution >= 0.6 is 0 Å². The van der Waals surface area contributed by atoms with Crippen LogP contribution in [0.2, 0.25) is 0 Å². The first-order valence-electron chi connectivity index (χ1n) is 23.6. The maximum absolute atomic E-state index is 14.5. The van der Waals surface area contributed by atoms with E-state index in [0.29, 0.717) is 32.1 Å². The Morgan fingerprint density at radius 1 is 0.743 bits per heavy atom. The van der Waals surface area contributed by atoms with Gasteiger partial charge in [0.05, 0.1) is 6.42 Å². The van der Waals surface area contributed by atoms with Crippen molar-refractivity contribution >= 4 is 47.4 Å². The van der Waals surface area contributed by atoms with Gasteiger partial charge >= 0.3 is 18.1 Å². The second-order valence-electron chi connectivity index (χ2n) is 17.9. The summed E-state index contributed by atoms with van der Waals surface area (Å²) in [5, 5.41) is 28.3. The molecule has 3 aromatic carbocycles. The number of hydrogen-bond acceptors (Lipinski definition) is 8. The average Bonchev–Trinajstić information content (AvgIpc) is 3.71. The molecular weight excluding hydrogens is 914 g/mol. The first-order valence-corrected chi connectivity index (χ1v) is 23.6. The van der Waals surface area contributed by atoms with Gasteiger partial charge in [-0.05, 0) is 80.4 Å². The maximum atomic E-state index is 14.5. The lowest BCUT2D eigenvalue weighted by Crippen LogP contribution is -2.61. The van der Waals surface area contributed by atoms with Gasteiger partial charge in [-0.25, -0.2) is 4.79 Å². The number of aliphatic carboxylic acids is 2. The highest BCUT2D eigenvalue weighted by Crippen LogP contribution is 2.39. The second kappa shape index (κ2) is 26.1. The third-order valence-corrected chi connectivity index (χ3v) is 13.0. The van der Waals surface area contributed by atoms with Crippen molar-refractivity contribution in [3.05, 3.63) is 108 Å². The van der Waals surface area contributed by atoms with E-state index in [1.54, 1.807) is 4.90 Å². The smallest absolute Gasteiger partial charge is 0.481 e.